The van der Waals surface area contributed by atoms with Gasteiger partial charge in [0.1, 0.15) is 5.82 Å². The normalized spacial score (nSPS) is 12.0. The minimum absolute atomic E-state index is 0.128. The first-order valence-corrected chi connectivity index (χ1v) is 8.46. The van der Waals surface area contributed by atoms with Crippen molar-refractivity contribution in [2.24, 2.45) is 0 Å². The summed E-state index contributed by atoms with van der Waals surface area (Å²) in [6.07, 6.45) is 0.599. The lowest BCUT2D eigenvalue weighted by Crippen LogP contribution is -2.26. The molecule has 134 valence electrons. The van der Waals surface area contributed by atoms with Crippen LogP contribution in [0.3, 0.4) is 0 Å². The summed E-state index contributed by atoms with van der Waals surface area (Å²) in [5.74, 6) is 0.509. The number of carbonyl (C=O) groups is 1. The summed E-state index contributed by atoms with van der Waals surface area (Å²) in [5, 5.41) is 6.84. The van der Waals surface area contributed by atoms with Crippen molar-refractivity contribution in [3.05, 3.63) is 71.4 Å². The van der Waals surface area contributed by atoms with Gasteiger partial charge in [0, 0.05) is 18.4 Å². The molecule has 1 aromatic heterocycles. The summed E-state index contributed by atoms with van der Waals surface area (Å²) < 4.78 is 18.2. The molecule has 3 rings (SSSR count). The molecule has 0 fully saturated rings. The Bertz CT molecular complexity index is 873. The van der Waals surface area contributed by atoms with Crippen molar-refractivity contribution in [3.63, 3.8) is 0 Å². The number of halogens is 1. The Kier molecular flexibility index (Phi) is 5.41. The quantitative estimate of drug-likeness (QED) is 0.727. The zero-order chi connectivity index (χ0) is 18.5. The fourth-order valence-corrected chi connectivity index (χ4v) is 2.55. The third-order valence-corrected chi connectivity index (χ3v) is 4.09. The Morgan fingerprint density at radius 3 is 2.54 bits per heavy atom. The molecular weight excluding hydrogens is 333 g/mol. The maximum atomic E-state index is 13.0. The standard InChI is InChI=1S/C20H20FN3O2/c1-13-3-5-16(6-4-13)20-23-19(26-24-20)12-11-18(25)22-14(2)15-7-9-17(21)10-8-15/h3-10,14H,11-12H2,1-2H3,(H,22,25). The van der Waals surface area contributed by atoms with E-state index in [2.05, 4.69) is 15.5 Å². The van der Waals surface area contributed by atoms with Crippen LogP contribution in [0, 0.1) is 12.7 Å². The number of carbonyl (C=O) groups excluding carboxylic acids is 1. The predicted molar refractivity (Wildman–Crippen MR) is 95.7 cm³/mol. The average Bonchev–Trinajstić information content (AvgIpc) is 3.10. The van der Waals surface area contributed by atoms with E-state index in [-0.39, 0.29) is 24.2 Å². The summed E-state index contributed by atoms with van der Waals surface area (Å²) in [6, 6.07) is 13.7. The van der Waals surface area contributed by atoms with E-state index in [0.717, 1.165) is 16.7 Å². The van der Waals surface area contributed by atoms with Gasteiger partial charge in [-0.3, -0.25) is 4.79 Å². The largest absolute Gasteiger partial charge is 0.350 e. The van der Waals surface area contributed by atoms with Gasteiger partial charge in [-0.25, -0.2) is 4.39 Å². The van der Waals surface area contributed by atoms with E-state index in [9.17, 15) is 9.18 Å². The van der Waals surface area contributed by atoms with Crippen LogP contribution in [0.15, 0.2) is 53.1 Å². The van der Waals surface area contributed by atoms with E-state index < -0.39 is 0 Å². The Morgan fingerprint density at radius 2 is 1.85 bits per heavy atom. The van der Waals surface area contributed by atoms with Gasteiger partial charge >= 0.3 is 0 Å². The summed E-state index contributed by atoms with van der Waals surface area (Å²) >= 11 is 0. The lowest BCUT2D eigenvalue weighted by atomic mass is 10.1. The van der Waals surface area contributed by atoms with Crippen molar-refractivity contribution in [2.75, 3.05) is 0 Å². The summed E-state index contributed by atoms with van der Waals surface area (Å²) in [7, 11) is 0. The van der Waals surface area contributed by atoms with Crippen molar-refractivity contribution in [1.82, 2.24) is 15.5 Å². The van der Waals surface area contributed by atoms with Gasteiger partial charge in [0.15, 0.2) is 0 Å². The highest BCUT2D eigenvalue weighted by Crippen LogP contribution is 2.17. The fraction of sp³-hybridized carbons (Fsp3) is 0.250. The van der Waals surface area contributed by atoms with Gasteiger partial charge in [-0.05, 0) is 31.5 Å². The molecule has 1 N–H and O–H groups in total. The molecule has 1 amide bonds. The molecule has 5 nitrogen and oxygen atoms in total. The average molecular weight is 353 g/mol. The van der Waals surface area contributed by atoms with Gasteiger partial charge in [-0.2, -0.15) is 4.98 Å². The molecule has 0 saturated carbocycles. The van der Waals surface area contributed by atoms with Crippen LogP contribution >= 0.6 is 0 Å². The molecule has 2 aromatic carbocycles. The van der Waals surface area contributed by atoms with Crippen LogP contribution in [-0.2, 0) is 11.2 Å². The molecule has 0 radical (unpaired) electrons. The Morgan fingerprint density at radius 1 is 1.15 bits per heavy atom. The third kappa shape index (κ3) is 4.53. The van der Waals surface area contributed by atoms with E-state index in [1.165, 1.54) is 12.1 Å². The second-order valence-corrected chi connectivity index (χ2v) is 6.22. The monoisotopic (exact) mass is 353 g/mol. The molecule has 0 bridgehead atoms. The van der Waals surface area contributed by atoms with Crippen molar-refractivity contribution >= 4 is 5.91 Å². The molecule has 1 atom stereocenters. The van der Waals surface area contributed by atoms with Crippen LogP contribution in [0.2, 0.25) is 0 Å². The minimum atomic E-state index is -0.298. The summed E-state index contributed by atoms with van der Waals surface area (Å²) in [6.45, 7) is 3.87. The van der Waals surface area contributed by atoms with E-state index in [1.54, 1.807) is 12.1 Å². The number of aromatic nitrogens is 2. The van der Waals surface area contributed by atoms with E-state index >= 15 is 0 Å². The van der Waals surface area contributed by atoms with Gasteiger partial charge in [-0.15, -0.1) is 0 Å². The molecule has 0 saturated heterocycles. The SMILES string of the molecule is Cc1ccc(-c2noc(CCC(=O)NC(C)c3ccc(F)cc3)n2)cc1. The first-order valence-electron chi connectivity index (χ1n) is 8.46. The van der Waals surface area contributed by atoms with Crippen LogP contribution in [0.25, 0.3) is 11.4 Å². The molecule has 1 heterocycles. The van der Waals surface area contributed by atoms with Gasteiger partial charge in [0.05, 0.1) is 6.04 Å². The van der Waals surface area contributed by atoms with Gasteiger partial charge < -0.3 is 9.84 Å². The van der Waals surface area contributed by atoms with Crippen molar-refractivity contribution in [2.45, 2.75) is 32.7 Å². The van der Waals surface area contributed by atoms with Crippen LogP contribution in [-0.4, -0.2) is 16.0 Å². The van der Waals surface area contributed by atoms with Gasteiger partial charge in [-0.1, -0.05) is 47.1 Å². The molecule has 0 spiro atoms. The number of rotatable bonds is 6. The number of hydrogen-bond acceptors (Lipinski definition) is 4. The number of aryl methyl sites for hydroxylation is 2. The molecule has 0 aliphatic rings. The first-order chi connectivity index (χ1) is 12.5. The lowest BCUT2D eigenvalue weighted by Gasteiger charge is -2.13. The van der Waals surface area contributed by atoms with Crippen molar-refractivity contribution in [1.29, 1.82) is 0 Å². The van der Waals surface area contributed by atoms with Crippen molar-refractivity contribution < 1.29 is 13.7 Å². The van der Waals surface area contributed by atoms with E-state index in [0.29, 0.717) is 18.1 Å². The zero-order valence-corrected chi connectivity index (χ0v) is 14.7. The highest BCUT2D eigenvalue weighted by molar-refractivity contribution is 5.76. The number of nitrogens with one attached hydrogen (secondary N) is 1. The minimum Gasteiger partial charge on any atom is -0.350 e. The molecule has 0 aliphatic carbocycles. The molecule has 6 heteroatoms. The molecule has 1 unspecified atom stereocenters. The predicted octanol–water partition coefficient (Wildman–Crippen LogP) is 3.99. The molecule has 3 aromatic rings. The highest BCUT2D eigenvalue weighted by atomic mass is 19.1. The van der Waals surface area contributed by atoms with Crippen LogP contribution in [0.5, 0.6) is 0 Å². The molecule has 26 heavy (non-hydrogen) atoms. The van der Waals surface area contributed by atoms with E-state index in [1.807, 2.05) is 38.1 Å². The smallest absolute Gasteiger partial charge is 0.227 e. The second kappa shape index (κ2) is 7.91. The van der Waals surface area contributed by atoms with Crippen molar-refractivity contribution in [3.8, 4) is 11.4 Å². The maximum Gasteiger partial charge on any atom is 0.227 e. The van der Waals surface area contributed by atoms with Crippen LogP contribution in [0.4, 0.5) is 4.39 Å². The van der Waals surface area contributed by atoms with Gasteiger partial charge in [0.25, 0.3) is 0 Å². The highest BCUT2D eigenvalue weighted by Gasteiger charge is 2.13. The van der Waals surface area contributed by atoms with Crippen LogP contribution < -0.4 is 5.32 Å². The maximum absolute atomic E-state index is 13.0. The Balaban J connectivity index is 1.53. The number of hydrogen-bond donors (Lipinski definition) is 1. The Hall–Kier alpha value is -3.02. The number of benzene rings is 2. The third-order valence-electron chi connectivity index (χ3n) is 4.09. The summed E-state index contributed by atoms with van der Waals surface area (Å²) in [4.78, 5) is 16.4. The lowest BCUT2D eigenvalue weighted by molar-refractivity contribution is -0.121. The topological polar surface area (TPSA) is 68.0 Å². The van der Waals surface area contributed by atoms with Crippen LogP contribution in [0.1, 0.15) is 36.4 Å². The van der Waals surface area contributed by atoms with Gasteiger partial charge in [0.2, 0.25) is 17.6 Å². The fourth-order valence-electron chi connectivity index (χ4n) is 2.55. The number of amides is 1. The molecule has 0 aliphatic heterocycles. The first kappa shape index (κ1) is 17.8. The zero-order valence-electron chi connectivity index (χ0n) is 14.7. The Labute approximate surface area is 151 Å². The second-order valence-electron chi connectivity index (χ2n) is 6.22. The van der Waals surface area contributed by atoms with E-state index in [4.69, 9.17) is 4.52 Å². The summed E-state index contributed by atoms with van der Waals surface area (Å²) in [5.41, 5.74) is 2.88. The molecular formula is C20H20FN3O2. The number of nitrogens with zero attached hydrogens (tertiary/aromatic N) is 2.